The number of fused-ring (bicyclic) bond motifs is 1. The highest BCUT2D eigenvalue weighted by molar-refractivity contribution is 6.00. The van der Waals surface area contributed by atoms with Crippen molar-refractivity contribution in [3.8, 4) is 5.75 Å². The largest absolute Gasteiger partial charge is 0.497 e. The summed E-state index contributed by atoms with van der Waals surface area (Å²) in [5.74, 6) is 0.839. The first kappa shape index (κ1) is 18.3. The molecule has 2 aromatic heterocycles. The van der Waals surface area contributed by atoms with E-state index in [4.69, 9.17) is 4.74 Å². The fourth-order valence-electron chi connectivity index (χ4n) is 3.86. The van der Waals surface area contributed by atoms with Gasteiger partial charge in [0.2, 0.25) is 0 Å². The topological polar surface area (TPSA) is 63.0 Å². The van der Waals surface area contributed by atoms with Gasteiger partial charge in [0.15, 0.2) is 5.65 Å². The summed E-state index contributed by atoms with van der Waals surface area (Å²) < 4.78 is 6.97. The molecule has 28 heavy (non-hydrogen) atoms. The predicted molar refractivity (Wildman–Crippen MR) is 108 cm³/mol. The molecule has 7 nitrogen and oxygen atoms in total. The van der Waals surface area contributed by atoms with Crippen LogP contribution in [0.15, 0.2) is 36.5 Å². The smallest absolute Gasteiger partial charge is 0.259 e. The molecule has 0 bridgehead atoms. The first-order valence-electron chi connectivity index (χ1n) is 9.50. The van der Waals surface area contributed by atoms with Crippen molar-refractivity contribution < 1.29 is 9.53 Å². The molecular weight excluding hydrogens is 354 g/mol. The number of methoxy groups -OCH3 is 1. The minimum absolute atomic E-state index is 0.00520. The Morgan fingerprint density at radius 1 is 1.18 bits per heavy atom. The summed E-state index contributed by atoms with van der Waals surface area (Å²) >= 11 is 0. The van der Waals surface area contributed by atoms with Gasteiger partial charge in [0.25, 0.3) is 5.91 Å². The van der Waals surface area contributed by atoms with Crippen LogP contribution in [-0.2, 0) is 0 Å². The first-order valence-corrected chi connectivity index (χ1v) is 9.50. The number of benzene rings is 1. The quantitative estimate of drug-likeness (QED) is 0.700. The van der Waals surface area contributed by atoms with E-state index in [2.05, 4.69) is 34.0 Å². The maximum Gasteiger partial charge on any atom is 0.259 e. The van der Waals surface area contributed by atoms with E-state index in [1.54, 1.807) is 17.8 Å². The molecule has 7 heteroatoms. The van der Waals surface area contributed by atoms with Gasteiger partial charge in [-0.3, -0.25) is 4.79 Å². The van der Waals surface area contributed by atoms with Crippen molar-refractivity contribution in [2.24, 2.45) is 0 Å². The van der Waals surface area contributed by atoms with E-state index in [0.717, 1.165) is 35.9 Å². The van der Waals surface area contributed by atoms with Crippen molar-refractivity contribution in [1.29, 1.82) is 0 Å². The van der Waals surface area contributed by atoms with E-state index < -0.39 is 0 Å². The number of hydrogen-bond acceptors (Lipinski definition) is 5. The zero-order chi connectivity index (χ0) is 19.8. The average Bonchev–Trinajstić information content (AvgIpc) is 3.11. The molecule has 0 saturated carbocycles. The number of aryl methyl sites for hydroxylation is 2. The Hall–Kier alpha value is -3.09. The Balaban J connectivity index is 1.54. The monoisotopic (exact) mass is 379 g/mol. The van der Waals surface area contributed by atoms with Gasteiger partial charge in [0.05, 0.1) is 13.3 Å². The van der Waals surface area contributed by atoms with Gasteiger partial charge in [-0.1, -0.05) is 0 Å². The Bertz CT molecular complexity index is 1010. The minimum atomic E-state index is -0.00520. The van der Waals surface area contributed by atoms with Crippen LogP contribution in [-0.4, -0.2) is 58.2 Å². The van der Waals surface area contributed by atoms with Crippen LogP contribution in [0.25, 0.3) is 5.65 Å². The van der Waals surface area contributed by atoms with Gasteiger partial charge in [-0.15, -0.1) is 0 Å². The predicted octanol–water partition coefficient (Wildman–Crippen LogP) is 2.71. The fourth-order valence-corrected chi connectivity index (χ4v) is 3.86. The van der Waals surface area contributed by atoms with E-state index in [1.807, 2.05) is 36.9 Å². The maximum atomic E-state index is 13.2. The van der Waals surface area contributed by atoms with Gasteiger partial charge in [-0.2, -0.15) is 5.10 Å². The molecule has 3 heterocycles. The lowest BCUT2D eigenvalue weighted by atomic mass is 10.1. The molecule has 1 fully saturated rings. The first-order chi connectivity index (χ1) is 13.5. The van der Waals surface area contributed by atoms with Crippen LogP contribution < -0.4 is 9.64 Å². The highest BCUT2D eigenvalue weighted by Gasteiger charge is 2.30. The van der Waals surface area contributed by atoms with Crippen molar-refractivity contribution in [3.63, 3.8) is 0 Å². The van der Waals surface area contributed by atoms with Crippen molar-refractivity contribution in [1.82, 2.24) is 19.5 Å². The molecule has 0 spiro atoms. The zero-order valence-electron chi connectivity index (χ0n) is 16.7. The number of piperazine rings is 1. The lowest BCUT2D eigenvalue weighted by Gasteiger charge is -2.41. The Morgan fingerprint density at radius 3 is 2.61 bits per heavy atom. The third-order valence-corrected chi connectivity index (χ3v) is 5.33. The number of hydrogen-bond donors (Lipinski definition) is 0. The van der Waals surface area contributed by atoms with Crippen LogP contribution in [0, 0.1) is 13.8 Å². The molecule has 1 atom stereocenters. The van der Waals surface area contributed by atoms with E-state index in [0.29, 0.717) is 17.8 Å². The normalized spacial score (nSPS) is 17.2. The molecule has 1 aliphatic heterocycles. The minimum Gasteiger partial charge on any atom is -0.497 e. The molecule has 1 aromatic carbocycles. The van der Waals surface area contributed by atoms with Crippen molar-refractivity contribution >= 4 is 17.2 Å². The second-order valence-corrected chi connectivity index (χ2v) is 7.32. The number of anilines is 1. The van der Waals surface area contributed by atoms with Gasteiger partial charge in [0, 0.05) is 42.8 Å². The summed E-state index contributed by atoms with van der Waals surface area (Å²) in [6.07, 6.45) is 1.64. The molecule has 0 aliphatic carbocycles. The number of carbonyl (C=O) groups is 1. The van der Waals surface area contributed by atoms with Crippen LogP contribution in [0.5, 0.6) is 5.75 Å². The average molecular weight is 379 g/mol. The zero-order valence-corrected chi connectivity index (χ0v) is 16.7. The summed E-state index contributed by atoms with van der Waals surface area (Å²) in [6.45, 7) is 8.22. The van der Waals surface area contributed by atoms with Crippen molar-refractivity contribution in [2.75, 3.05) is 31.6 Å². The standard InChI is InChI=1S/C21H25N5O2/c1-14-11-15(2)26-20(23-14)19(12-22-26)21(27)25-10-9-24(13-16(25)3)17-5-7-18(28-4)8-6-17/h5-8,11-12,16H,9-10,13H2,1-4H3. The van der Waals surface area contributed by atoms with Crippen LogP contribution in [0.3, 0.4) is 0 Å². The summed E-state index contributed by atoms with van der Waals surface area (Å²) in [5.41, 5.74) is 4.20. The molecule has 4 rings (SSSR count). The van der Waals surface area contributed by atoms with Crippen LogP contribution >= 0.6 is 0 Å². The van der Waals surface area contributed by atoms with E-state index in [-0.39, 0.29) is 11.9 Å². The number of nitrogens with zero attached hydrogens (tertiary/aromatic N) is 5. The Morgan fingerprint density at radius 2 is 1.93 bits per heavy atom. The summed E-state index contributed by atoms with van der Waals surface area (Å²) in [4.78, 5) is 22.0. The summed E-state index contributed by atoms with van der Waals surface area (Å²) in [7, 11) is 1.67. The van der Waals surface area contributed by atoms with E-state index in [1.165, 1.54) is 0 Å². The molecule has 1 aliphatic rings. The number of ether oxygens (including phenoxy) is 1. The molecule has 1 unspecified atom stereocenters. The Labute approximate surface area is 164 Å². The van der Waals surface area contributed by atoms with Crippen LogP contribution in [0.4, 0.5) is 5.69 Å². The highest BCUT2D eigenvalue weighted by Crippen LogP contribution is 2.24. The van der Waals surface area contributed by atoms with Crippen molar-refractivity contribution in [2.45, 2.75) is 26.8 Å². The maximum absolute atomic E-state index is 13.2. The van der Waals surface area contributed by atoms with Gasteiger partial charge in [-0.25, -0.2) is 9.50 Å². The second-order valence-electron chi connectivity index (χ2n) is 7.32. The summed E-state index contributed by atoms with van der Waals surface area (Å²) in [5, 5.41) is 4.36. The van der Waals surface area contributed by atoms with E-state index >= 15 is 0 Å². The number of aromatic nitrogens is 3. The third kappa shape index (κ3) is 3.17. The number of rotatable bonds is 3. The molecule has 0 radical (unpaired) electrons. The van der Waals surface area contributed by atoms with Crippen LogP contribution in [0.1, 0.15) is 28.7 Å². The van der Waals surface area contributed by atoms with Crippen molar-refractivity contribution in [3.05, 3.63) is 53.5 Å². The Kier molecular flexibility index (Phi) is 4.66. The highest BCUT2D eigenvalue weighted by atomic mass is 16.5. The molecule has 3 aromatic rings. The SMILES string of the molecule is COc1ccc(N2CCN(C(=O)c3cnn4c(C)cc(C)nc34)C(C)C2)cc1. The van der Waals surface area contributed by atoms with Gasteiger partial charge in [-0.05, 0) is 51.1 Å². The number of amides is 1. The third-order valence-electron chi connectivity index (χ3n) is 5.33. The lowest BCUT2D eigenvalue weighted by molar-refractivity contribution is 0.0676. The second kappa shape index (κ2) is 7.14. The van der Waals surface area contributed by atoms with Gasteiger partial charge < -0.3 is 14.5 Å². The van der Waals surface area contributed by atoms with Crippen LogP contribution in [0.2, 0.25) is 0 Å². The molecule has 146 valence electrons. The molecule has 0 N–H and O–H groups in total. The molecular formula is C21H25N5O2. The number of carbonyl (C=O) groups excluding carboxylic acids is 1. The van der Waals surface area contributed by atoms with Gasteiger partial charge in [0.1, 0.15) is 11.3 Å². The lowest BCUT2D eigenvalue weighted by Crippen LogP contribution is -2.54. The van der Waals surface area contributed by atoms with Gasteiger partial charge >= 0.3 is 0 Å². The molecule has 1 amide bonds. The molecule has 1 saturated heterocycles. The summed E-state index contributed by atoms with van der Waals surface area (Å²) in [6, 6.07) is 10.1. The van der Waals surface area contributed by atoms with E-state index in [9.17, 15) is 4.79 Å². The fraction of sp³-hybridized carbons (Fsp3) is 0.381.